The maximum atomic E-state index is 13.0. The first-order chi connectivity index (χ1) is 35.7. The van der Waals surface area contributed by atoms with Crippen LogP contribution in [-0.2, 0) is 42.6 Å². The van der Waals surface area contributed by atoms with Gasteiger partial charge in [-0.25, -0.2) is 9.59 Å². The second-order valence-electron chi connectivity index (χ2n) is 19.7. The highest BCUT2D eigenvalue weighted by Gasteiger charge is 2.51. The molecule has 0 saturated carbocycles. The number of unbranched alkanes of at least 4 members (excludes halogenated alkanes) is 13. The van der Waals surface area contributed by atoms with Crippen LogP contribution >= 0.6 is 0 Å². The molecular formula is C53H82O21. The van der Waals surface area contributed by atoms with Gasteiger partial charge in [-0.05, 0) is 30.7 Å². The minimum absolute atomic E-state index is 0.135. The van der Waals surface area contributed by atoms with Crippen molar-refractivity contribution in [3.63, 3.8) is 0 Å². The van der Waals surface area contributed by atoms with Gasteiger partial charge in [0.15, 0.2) is 25.0 Å². The number of esters is 2. The van der Waals surface area contributed by atoms with Crippen molar-refractivity contribution in [1.29, 1.82) is 0 Å². The van der Waals surface area contributed by atoms with Gasteiger partial charge in [0.2, 0.25) is 0 Å². The molecule has 3 aliphatic heterocycles. The smallest absolute Gasteiger partial charge is 0.338 e. The van der Waals surface area contributed by atoms with E-state index < -0.39 is 149 Å². The summed E-state index contributed by atoms with van der Waals surface area (Å²) in [5.41, 5.74) is -1.29. The normalized spacial score (nSPS) is 31.1. The van der Waals surface area contributed by atoms with Gasteiger partial charge in [-0.3, -0.25) is 0 Å². The molecule has 21 heteroatoms. The topological polar surface area (TPSA) is 320 Å². The molecule has 74 heavy (non-hydrogen) atoms. The Kier molecular flexibility index (Phi) is 27.0. The fourth-order valence-corrected chi connectivity index (χ4v) is 9.03. The molecule has 0 aromatic heterocycles. The lowest BCUT2D eigenvalue weighted by molar-refractivity contribution is -0.332. The van der Waals surface area contributed by atoms with Gasteiger partial charge in [-0.2, -0.15) is 0 Å². The number of hydrogen-bond acceptors (Lipinski definition) is 21. The van der Waals surface area contributed by atoms with E-state index in [1.54, 1.807) is 36.4 Å². The third-order valence-electron chi connectivity index (χ3n) is 13.7. The van der Waals surface area contributed by atoms with E-state index in [1.165, 1.54) is 82.1 Å². The molecular weight excluding hydrogens is 973 g/mol. The average molecular weight is 1060 g/mol. The predicted molar refractivity (Wildman–Crippen MR) is 262 cm³/mol. The number of benzene rings is 2. The molecule has 10 N–H and O–H groups in total. The highest BCUT2D eigenvalue weighted by molar-refractivity contribution is 5.89. The zero-order chi connectivity index (χ0) is 53.5. The van der Waals surface area contributed by atoms with Crippen LogP contribution in [0.4, 0.5) is 0 Å². The molecule has 0 amide bonds. The number of hydrogen-bond donors (Lipinski definition) is 10. The van der Waals surface area contributed by atoms with Gasteiger partial charge in [0.1, 0.15) is 73.8 Å². The van der Waals surface area contributed by atoms with Crippen molar-refractivity contribution in [3.05, 3.63) is 71.8 Å². The molecule has 3 fully saturated rings. The first-order valence-corrected chi connectivity index (χ1v) is 26.3. The van der Waals surface area contributed by atoms with E-state index in [-0.39, 0.29) is 24.3 Å². The van der Waals surface area contributed by atoms with Gasteiger partial charge >= 0.3 is 11.9 Å². The van der Waals surface area contributed by atoms with Crippen molar-refractivity contribution in [2.45, 2.75) is 189 Å². The zero-order valence-corrected chi connectivity index (χ0v) is 42.5. The number of carbonyl (C=O) groups is 2. The van der Waals surface area contributed by atoms with Crippen LogP contribution in [0, 0.1) is 5.41 Å². The highest BCUT2D eigenvalue weighted by Crippen LogP contribution is 2.32. The second-order valence-corrected chi connectivity index (χ2v) is 19.7. The van der Waals surface area contributed by atoms with Gasteiger partial charge in [0, 0.05) is 6.61 Å². The van der Waals surface area contributed by atoms with Crippen LogP contribution in [0.25, 0.3) is 0 Å². The quantitative estimate of drug-likeness (QED) is 0.0359. The maximum absolute atomic E-state index is 13.0. The Bertz CT molecular complexity index is 1830. The monoisotopic (exact) mass is 1050 g/mol. The summed E-state index contributed by atoms with van der Waals surface area (Å²) in [6.45, 7) is -1.70. The Morgan fingerprint density at radius 3 is 1.35 bits per heavy atom. The summed E-state index contributed by atoms with van der Waals surface area (Å²) in [4.78, 5) is 25.8. The van der Waals surface area contributed by atoms with Crippen molar-refractivity contribution in [3.8, 4) is 0 Å². The fraction of sp³-hybridized carbons (Fsp3) is 0.736. The Morgan fingerprint density at radius 1 is 0.473 bits per heavy atom. The highest BCUT2D eigenvalue weighted by atomic mass is 16.7. The third kappa shape index (κ3) is 18.4. The lowest BCUT2D eigenvalue weighted by atomic mass is 9.91. The Hall–Kier alpha value is -3.30. The van der Waals surface area contributed by atoms with Crippen LogP contribution in [0.2, 0.25) is 0 Å². The van der Waals surface area contributed by atoms with E-state index in [1.807, 2.05) is 0 Å². The minimum Gasteiger partial charge on any atom is -0.459 e. The summed E-state index contributed by atoms with van der Waals surface area (Å²) in [5, 5.41) is 108. The molecule has 2 aromatic carbocycles. The molecule has 3 heterocycles. The molecule has 2 aromatic rings. The standard InChI is InChI=1S/C53H82O21/c1-2-3-4-5-6-7-8-9-10-11-12-13-14-21-26-66-30-53(31-68-50-44(61)41(58)39(56)36(27-54)71-50,32-69-51-45(62)42(59)40(57)38(73-51)29-67-48(64)34-22-17-15-18-23-34)33-70-52-46(63)43(60)47(37(28-55)72-52)74-49(65)35-24-19-16-20-25-35/h15-20,22-25,36-47,50-52,54-63H,2-14,21,26-33H2,1H3/t36-,37-,38-,39+,40+,41+,42+,43-,44-,45-,46-,47+,50-,51-,52-,53?/m1/s1. The second kappa shape index (κ2) is 32.4. The van der Waals surface area contributed by atoms with Crippen LogP contribution in [0.3, 0.4) is 0 Å². The van der Waals surface area contributed by atoms with Crippen LogP contribution in [0.15, 0.2) is 60.7 Å². The number of carbonyl (C=O) groups excluding carboxylic acids is 2. The number of aliphatic hydroxyl groups is 10. The van der Waals surface area contributed by atoms with Crippen molar-refractivity contribution >= 4 is 11.9 Å². The van der Waals surface area contributed by atoms with Crippen LogP contribution in [0.5, 0.6) is 0 Å². The molecule has 0 aliphatic carbocycles. The van der Waals surface area contributed by atoms with Gasteiger partial charge in [-0.1, -0.05) is 127 Å². The first kappa shape index (κ1) is 61.6. The van der Waals surface area contributed by atoms with Crippen LogP contribution in [0.1, 0.15) is 118 Å². The Morgan fingerprint density at radius 2 is 0.878 bits per heavy atom. The molecule has 21 nitrogen and oxygen atoms in total. The molecule has 16 atom stereocenters. The van der Waals surface area contributed by atoms with Crippen LogP contribution in [-0.4, -0.2) is 208 Å². The molecule has 3 aliphatic rings. The van der Waals surface area contributed by atoms with Gasteiger partial charge in [0.25, 0.3) is 0 Å². The van der Waals surface area contributed by atoms with E-state index in [0.29, 0.717) is 6.42 Å². The number of aliphatic hydroxyl groups excluding tert-OH is 10. The largest absolute Gasteiger partial charge is 0.459 e. The number of ether oxygens (including phenoxy) is 9. The Balaban J connectivity index is 1.31. The lowest BCUT2D eigenvalue weighted by Gasteiger charge is -2.44. The molecule has 420 valence electrons. The van der Waals surface area contributed by atoms with Crippen molar-refractivity contribution in [1.82, 2.24) is 0 Å². The molecule has 5 rings (SSSR count). The minimum atomic E-state index is -1.90. The summed E-state index contributed by atoms with van der Waals surface area (Å²) < 4.78 is 52.9. The van der Waals surface area contributed by atoms with Crippen molar-refractivity contribution in [2.24, 2.45) is 5.41 Å². The van der Waals surface area contributed by atoms with Gasteiger partial charge in [0.05, 0.1) is 56.2 Å². The van der Waals surface area contributed by atoms with E-state index in [0.717, 1.165) is 25.7 Å². The average Bonchev–Trinajstić information content (AvgIpc) is 3.42. The zero-order valence-electron chi connectivity index (χ0n) is 42.5. The maximum Gasteiger partial charge on any atom is 0.338 e. The Labute approximate surface area is 433 Å². The molecule has 0 radical (unpaired) electrons. The molecule has 0 bridgehead atoms. The molecule has 0 spiro atoms. The molecule has 1 unspecified atom stereocenters. The van der Waals surface area contributed by atoms with E-state index in [9.17, 15) is 60.7 Å². The van der Waals surface area contributed by atoms with Gasteiger partial charge in [-0.15, -0.1) is 0 Å². The summed E-state index contributed by atoms with van der Waals surface area (Å²) >= 11 is 0. The van der Waals surface area contributed by atoms with Gasteiger partial charge < -0.3 is 93.7 Å². The summed E-state index contributed by atoms with van der Waals surface area (Å²) in [6.07, 6.45) is -9.49. The van der Waals surface area contributed by atoms with Crippen molar-refractivity contribution < 1.29 is 103 Å². The summed E-state index contributed by atoms with van der Waals surface area (Å²) in [7, 11) is 0. The van der Waals surface area contributed by atoms with Crippen molar-refractivity contribution in [2.75, 3.05) is 52.9 Å². The van der Waals surface area contributed by atoms with Crippen LogP contribution < -0.4 is 0 Å². The summed E-state index contributed by atoms with van der Waals surface area (Å²) in [5.74, 6) is -1.61. The summed E-state index contributed by atoms with van der Waals surface area (Å²) in [6, 6.07) is 15.8. The third-order valence-corrected chi connectivity index (χ3v) is 13.7. The fourth-order valence-electron chi connectivity index (χ4n) is 9.03. The predicted octanol–water partition coefficient (Wildman–Crippen LogP) is 1.65. The first-order valence-electron chi connectivity index (χ1n) is 26.3. The SMILES string of the molecule is CCCCCCCCCCCCCCCCOCC(CO[C@@H]1O[C@H](CO)[C@H](O)[C@H](O)[C@H]1O)(CO[C@@H]1O[C@H](COC(=O)c2ccccc2)[C@H](O)[C@H](O)[C@H]1O)CO[C@@H]1O[C@H](CO)[C@H](OC(=O)c2ccccc2)[C@H](O)[C@H]1O. The van der Waals surface area contributed by atoms with E-state index in [2.05, 4.69) is 6.92 Å². The lowest BCUT2D eigenvalue weighted by Crippen LogP contribution is -2.62. The molecule has 3 saturated heterocycles. The van der Waals surface area contributed by atoms with E-state index in [4.69, 9.17) is 42.6 Å². The number of rotatable bonds is 33. The van der Waals surface area contributed by atoms with E-state index >= 15 is 0 Å².